The fraction of sp³-hybridized carbons (Fsp3) is 0.357. The van der Waals surface area contributed by atoms with Crippen LogP contribution in [0, 0.1) is 24.4 Å². The fourth-order valence-corrected chi connectivity index (χ4v) is 2.29. The SMILES string of the molecule is CCNc1c(CC)c(C)nc2c(F)cc(F)c(F)c12. The summed E-state index contributed by atoms with van der Waals surface area (Å²) in [6.45, 7) is 6.00. The number of pyridine rings is 1. The first-order valence-corrected chi connectivity index (χ1v) is 6.21. The van der Waals surface area contributed by atoms with E-state index in [1.165, 1.54) is 0 Å². The molecular weight excluding hydrogens is 253 g/mol. The molecule has 0 atom stereocenters. The molecule has 0 saturated heterocycles. The van der Waals surface area contributed by atoms with E-state index in [1.807, 2.05) is 13.8 Å². The van der Waals surface area contributed by atoms with Crippen molar-refractivity contribution in [3.05, 3.63) is 34.8 Å². The van der Waals surface area contributed by atoms with E-state index in [1.54, 1.807) is 6.92 Å². The molecular formula is C14H15F3N2. The highest BCUT2D eigenvalue weighted by atomic mass is 19.2. The Balaban J connectivity index is 2.97. The Morgan fingerprint density at radius 1 is 1.16 bits per heavy atom. The van der Waals surface area contributed by atoms with Crippen LogP contribution in [0.5, 0.6) is 0 Å². The van der Waals surface area contributed by atoms with Gasteiger partial charge >= 0.3 is 0 Å². The van der Waals surface area contributed by atoms with Crippen LogP contribution in [-0.2, 0) is 6.42 Å². The standard InChI is InChI=1S/C14H15F3N2/c1-4-8-7(3)19-14-10(16)6-9(15)12(17)11(14)13(8)18-5-2/h6H,4-5H2,1-3H3,(H,18,19). The van der Waals surface area contributed by atoms with Crippen molar-refractivity contribution in [1.82, 2.24) is 4.98 Å². The van der Waals surface area contributed by atoms with Crippen molar-refractivity contribution >= 4 is 16.6 Å². The molecule has 0 radical (unpaired) electrons. The number of fused-ring (bicyclic) bond motifs is 1. The number of nitrogens with one attached hydrogen (secondary N) is 1. The van der Waals surface area contributed by atoms with Crippen LogP contribution >= 0.6 is 0 Å². The van der Waals surface area contributed by atoms with Crippen molar-refractivity contribution in [3.63, 3.8) is 0 Å². The Kier molecular flexibility index (Phi) is 3.64. The molecule has 1 aromatic heterocycles. The van der Waals surface area contributed by atoms with E-state index in [2.05, 4.69) is 10.3 Å². The molecule has 1 aromatic carbocycles. The molecule has 0 fully saturated rings. The summed E-state index contributed by atoms with van der Waals surface area (Å²) in [4.78, 5) is 4.07. The van der Waals surface area contributed by atoms with E-state index in [4.69, 9.17) is 0 Å². The lowest BCUT2D eigenvalue weighted by Gasteiger charge is -2.16. The number of anilines is 1. The summed E-state index contributed by atoms with van der Waals surface area (Å²) < 4.78 is 41.1. The van der Waals surface area contributed by atoms with Gasteiger partial charge < -0.3 is 5.32 Å². The van der Waals surface area contributed by atoms with Gasteiger partial charge in [0.15, 0.2) is 17.5 Å². The van der Waals surface area contributed by atoms with Gasteiger partial charge in [0.05, 0.1) is 11.1 Å². The van der Waals surface area contributed by atoms with Crippen LogP contribution in [0.25, 0.3) is 10.9 Å². The van der Waals surface area contributed by atoms with Gasteiger partial charge in [0, 0.05) is 18.3 Å². The predicted octanol–water partition coefficient (Wildman–Crippen LogP) is 3.95. The number of aryl methyl sites for hydroxylation is 1. The molecule has 0 aliphatic carbocycles. The lowest BCUT2D eigenvalue weighted by atomic mass is 10.0. The third kappa shape index (κ3) is 2.13. The summed E-state index contributed by atoms with van der Waals surface area (Å²) in [5.74, 6) is -3.11. The van der Waals surface area contributed by atoms with E-state index in [9.17, 15) is 13.2 Å². The van der Waals surface area contributed by atoms with Crippen molar-refractivity contribution < 1.29 is 13.2 Å². The minimum Gasteiger partial charge on any atom is -0.384 e. The summed E-state index contributed by atoms with van der Waals surface area (Å²) in [6.07, 6.45) is 0.606. The maximum absolute atomic E-state index is 14.0. The van der Waals surface area contributed by atoms with Crippen LogP contribution in [0.3, 0.4) is 0 Å². The van der Waals surface area contributed by atoms with Gasteiger partial charge in [-0.2, -0.15) is 0 Å². The number of nitrogens with zero attached hydrogens (tertiary/aromatic N) is 1. The van der Waals surface area contributed by atoms with Crippen LogP contribution in [-0.4, -0.2) is 11.5 Å². The zero-order valence-corrected chi connectivity index (χ0v) is 11.1. The lowest BCUT2D eigenvalue weighted by Crippen LogP contribution is -2.07. The number of hydrogen-bond acceptors (Lipinski definition) is 2. The molecule has 2 nitrogen and oxygen atoms in total. The van der Waals surface area contributed by atoms with E-state index in [0.717, 1.165) is 5.56 Å². The van der Waals surface area contributed by atoms with E-state index in [0.29, 0.717) is 30.4 Å². The molecule has 1 heterocycles. The zero-order valence-electron chi connectivity index (χ0n) is 11.1. The molecule has 0 aliphatic rings. The average molecular weight is 268 g/mol. The molecule has 2 aromatic rings. The van der Waals surface area contributed by atoms with Crippen LogP contribution in [0.4, 0.5) is 18.9 Å². The Morgan fingerprint density at radius 2 is 1.84 bits per heavy atom. The third-order valence-corrected chi connectivity index (χ3v) is 3.12. The molecule has 0 saturated carbocycles. The van der Waals surface area contributed by atoms with Crippen molar-refractivity contribution in [3.8, 4) is 0 Å². The Bertz CT molecular complexity index is 639. The lowest BCUT2D eigenvalue weighted by molar-refractivity contribution is 0.505. The highest BCUT2D eigenvalue weighted by molar-refractivity contribution is 5.94. The van der Waals surface area contributed by atoms with E-state index < -0.39 is 17.5 Å². The van der Waals surface area contributed by atoms with Crippen molar-refractivity contribution in [1.29, 1.82) is 0 Å². The highest BCUT2D eigenvalue weighted by Crippen LogP contribution is 2.33. The Labute approximate surface area is 109 Å². The van der Waals surface area contributed by atoms with Gasteiger partial charge in [-0.05, 0) is 25.8 Å². The van der Waals surface area contributed by atoms with Gasteiger partial charge in [-0.1, -0.05) is 6.92 Å². The number of aromatic nitrogens is 1. The van der Waals surface area contributed by atoms with E-state index >= 15 is 0 Å². The van der Waals surface area contributed by atoms with Gasteiger partial charge in [0.25, 0.3) is 0 Å². The summed E-state index contributed by atoms with van der Waals surface area (Å²) in [5, 5.41) is 2.88. The van der Waals surface area contributed by atoms with Crippen LogP contribution < -0.4 is 5.32 Å². The number of rotatable bonds is 3. The first-order valence-electron chi connectivity index (χ1n) is 6.21. The maximum atomic E-state index is 14.0. The van der Waals surface area contributed by atoms with Gasteiger partial charge in [0.1, 0.15) is 5.52 Å². The Hall–Kier alpha value is -1.78. The fourth-order valence-electron chi connectivity index (χ4n) is 2.29. The van der Waals surface area contributed by atoms with Gasteiger partial charge in [0.2, 0.25) is 0 Å². The molecule has 0 spiro atoms. The maximum Gasteiger partial charge on any atom is 0.170 e. The van der Waals surface area contributed by atoms with Gasteiger partial charge in [-0.3, -0.25) is 0 Å². The van der Waals surface area contributed by atoms with Crippen LogP contribution in [0.15, 0.2) is 6.07 Å². The topological polar surface area (TPSA) is 24.9 Å². The molecule has 0 amide bonds. The first-order chi connectivity index (χ1) is 9.01. The van der Waals surface area contributed by atoms with E-state index in [-0.39, 0.29) is 10.9 Å². The normalized spacial score (nSPS) is 11.1. The summed E-state index contributed by atoms with van der Waals surface area (Å²) in [7, 11) is 0. The molecule has 19 heavy (non-hydrogen) atoms. The smallest absolute Gasteiger partial charge is 0.170 e. The summed E-state index contributed by atoms with van der Waals surface area (Å²) >= 11 is 0. The highest BCUT2D eigenvalue weighted by Gasteiger charge is 2.20. The van der Waals surface area contributed by atoms with Crippen LogP contribution in [0.2, 0.25) is 0 Å². The van der Waals surface area contributed by atoms with Crippen molar-refractivity contribution in [2.45, 2.75) is 27.2 Å². The second-order valence-corrected chi connectivity index (χ2v) is 4.31. The van der Waals surface area contributed by atoms with Crippen molar-refractivity contribution in [2.24, 2.45) is 0 Å². The molecule has 102 valence electrons. The first kappa shape index (κ1) is 13.6. The molecule has 0 aliphatic heterocycles. The minimum atomic E-state index is -1.20. The van der Waals surface area contributed by atoms with Crippen molar-refractivity contribution in [2.75, 3.05) is 11.9 Å². The second kappa shape index (κ2) is 5.07. The molecule has 1 N–H and O–H groups in total. The second-order valence-electron chi connectivity index (χ2n) is 4.31. The summed E-state index contributed by atoms with van der Waals surface area (Å²) in [6, 6.07) is 0.533. The van der Waals surface area contributed by atoms with Crippen LogP contribution in [0.1, 0.15) is 25.1 Å². The molecule has 0 bridgehead atoms. The Morgan fingerprint density at radius 3 is 2.42 bits per heavy atom. The number of hydrogen-bond donors (Lipinski definition) is 1. The monoisotopic (exact) mass is 268 g/mol. The molecule has 5 heteroatoms. The average Bonchev–Trinajstić information content (AvgIpc) is 2.36. The summed E-state index contributed by atoms with van der Waals surface area (Å²) in [5.41, 5.74) is 1.70. The van der Waals surface area contributed by atoms with Gasteiger partial charge in [-0.15, -0.1) is 0 Å². The largest absolute Gasteiger partial charge is 0.384 e. The molecule has 0 unspecified atom stereocenters. The zero-order chi connectivity index (χ0) is 14.2. The minimum absolute atomic E-state index is 0.109. The quantitative estimate of drug-likeness (QED) is 0.852. The van der Waals surface area contributed by atoms with Gasteiger partial charge in [-0.25, -0.2) is 18.2 Å². The molecule has 2 rings (SSSR count). The number of halogens is 3. The predicted molar refractivity (Wildman–Crippen MR) is 69.9 cm³/mol. The third-order valence-electron chi connectivity index (χ3n) is 3.12. The number of benzene rings is 1.